The highest BCUT2D eigenvalue weighted by Crippen LogP contribution is 2.27. The van der Waals surface area contributed by atoms with Crippen molar-refractivity contribution in [3.8, 4) is 0 Å². The lowest BCUT2D eigenvalue weighted by atomic mass is 9.90. The van der Waals surface area contributed by atoms with Gasteiger partial charge in [-0.05, 0) is 36.3 Å². The molecule has 0 amide bonds. The van der Waals surface area contributed by atoms with Gasteiger partial charge >= 0.3 is 5.97 Å². The Morgan fingerprint density at radius 2 is 2.12 bits per heavy atom. The van der Waals surface area contributed by atoms with Gasteiger partial charge in [-0.15, -0.1) is 0 Å². The van der Waals surface area contributed by atoms with Crippen LogP contribution in [0.3, 0.4) is 0 Å². The van der Waals surface area contributed by atoms with E-state index in [2.05, 4.69) is 12.1 Å². The summed E-state index contributed by atoms with van der Waals surface area (Å²) in [5.41, 5.74) is 2.45. The Labute approximate surface area is 101 Å². The van der Waals surface area contributed by atoms with Gasteiger partial charge in [0.1, 0.15) is 0 Å². The lowest BCUT2D eigenvalue weighted by molar-refractivity contribution is -0.136. The third-order valence-electron chi connectivity index (χ3n) is 3.27. The van der Waals surface area contributed by atoms with Gasteiger partial charge < -0.3 is 9.84 Å². The van der Waals surface area contributed by atoms with Gasteiger partial charge in [-0.25, -0.2) is 0 Å². The summed E-state index contributed by atoms with van der Waals surface area (Å²) in [5, 5.41) is 8.68. The summed E-state index contributed by atoms with van der Waals surface area (Å²) in [7, 11) is 0. The van der Waals surface area contributed by atoms with Crippen LogP contribution >= 0.6 is 0 Å². The molecule has 1 saturated heterocycles. The zero-order valence-electron chi connectivity index (χ0n) is 9.89. The van der Waals surface area contributed by atoms with Crippen molar-refractivity contribution >= 4 is 5.97 Å². The zero-order valence-corrected chi connectivity index (χ0v) is 9.89. The summed E-state index contributed by atoms with van der Waals surface area (Å²) in [4.78, 5) is 10.5. The summed E-state index contributed by atoms with van der Waals surface area (Å²) in [6, 6.07) is 8.33. The minimum absolute atomic E-state index is 0.206. The first-order valence-electron chi connectivity index (χ1n) is 6.14. The molecule has 1 aliphatic heterocycles. The van der Waals surface area contributed by atoms with Crippen LogP contribution in [0.4, 0.5) is 0 Å². The standard InChI is InChI=1S/C14H18O3/c15-14(16)5-4-11-2-1-3-13(10-11)12-6-8-17-9-7-12/h1-3,10,12H,4-9H2,(H,15,16). The second kappa shape index (κ2) is 5.82. The van der Waals surface area contributed by atoms with Gasteiger partial charge in [-0.3, -0.25) is 4.79 Å². The van der Waals surface area contributed by atoms with Crippen LogP contribution in [0.2, 0.25) is 0 Å². The van der Waals surface area contributed by atoms with Crippen molar-refractivity contribution in [3.05, 3.63) is 35.4 Å². The maximum Gasteiger partial charge on any atom is 0.303 e. The molecule has 0 bridgehead atoms. The maximum absolute atomic E-state index is 10.5. The molecule has 0 atom stereocenters. The van der Waals surface area contributed by atoms with Crippen LogP contribution in [0.1, 0.15) is 36.3 Å². The van der Waals surface area contributed by atoms with Crippen LogP contribution in [0, 0.1) is 0 Å². The molecule has 1 aromatic carbocycles. The molecule has 17 heavy (non-hydrogen) atoms. The number of carbonyl (C=O) groups is 1. The Kier molecular flexibility index (Phi) is 4.15. The number of carboxylic acids is 1. The second-order valence-electron chi connectivity index (χ2n) is 4.53. The number of hydrogen-bond donors (Lipinski definition) is 1. The SMILES string of the molecule is O=C(O)CCc1cccc(C2CCOCC2)c1. The highest BCUT2D eigenvalue weighted by molar-refractivity contribution is 5.67. The first kappa shape index (κ1) is 12.1. The monoisotopic (exact) mass is 234 g/mol. The van der Waals surface area contributed by atoms with Gasteiger partial charge in [0.05, 0.1) is 0 Å². The van der Waals surface area contributed by atoms with E-state index in [9.17, 15) is 4.79 Å². The first-order valence-corrected chi connectivity index (χ1v) is 6.14. The summed E-state index contributed by atoms with van der Waals surface area (Å²) < 4.78 is 5.35. The van der Waals surface area contributed by atoms with Gasteiger partial charge in [0.15, 0.2) is 0 Å². The topological polar surface area (TPSA) is 46.5 Å². The lowest BCUT2D eigenvalue weighted by Crippen LogP contribution is -2.14. The molecule has 0 radical (unpaired) electrons. The van der Waals surface area contributed by atoms with Crippen LogP contribution in [-0.2, 0) is 16.0 Å². The highest BCUT2D eigenvalue weighted by atomic mass is 16.5. The molecular weight excluding hydrogens is 216 g/mol. The molecule has 0 aromatic heterocycles. The van der Waals surface area contributed by atoms with Gasteiger partial charge in [-0.1, -0.05) is 24.3 Å². The fourth-order valence-corrected chi connectivity index (χ4v) is 2.28. The van der Waals surface area contributed by atoms with Crippen molar-refractivity contribution in [2.45, 2.75) is 31.6 Å². The Bertz CT molecular complexity index is 381. The Hall–Kier alpha value is -1.35. The van der Waals surface area contributed by atoms with Crippen LogP contribution in [0.25, 0.3) is 0 Å². The predicted molar refractivity (Wildman–Crippen MR) is 65.2 cm³/mol. The van der Waals surface area contributed by atoms with Crippen molar-refractivity contribution in [2.75, 3.05) is 13.2 Å². The lowest BCUT2D eigenvalue weighted by Gasteiger charge is -2.22. The summed E-state index contributed by atoms with van der Waals surface area (Å²) in [6.07, 6.45) is 2.97. The molecule has 1 aliphatic rings. The molecule has 1 fully saturated rings. The minimum atomic E-state index is -0.735. The summed E-state index contributed by atoms with van der Waals surface area (Å²) >= 11 is 0. The van der Waals surface area contributed by atoms with E-state index in [1.54, 1.807) is 0 Å². The number of hydrogen-bond acceptors (Lipinski definition) is 2. The second-order valence-corrected chi connectivity index (χ2v) is 4.53. The van der Waals surface area contributed by atoms with E-state index < -0.39 is 5.97 Å². The smallest absolute Gasteiger partial charge is 0.303 e. The predicted octanol–water partition coefficient (Wildman–Crippen LogP) is 2.60. The average molecular weight is 234 g/mol. The first-order chi connectivity index (χ1) is 8.25. The van der Waals surface area contributed by atoms with E-state index in [0.717, 1.165) is 31.6 Å². The van der Waals surface area contributed by atoms with Crippen LogP contribution in [0.15, 0.2) is 24.3 Å². The van der Waals surface area contributed by atoms with Crippen molar-refractivity contribution in [1.29, 1.82) is 0 Å². The van der Waals surface area contributed by atoms with Gasteiger partial charge in [0, 0.05) is 19.6 Å². The Morgan fingerprint density at radius 1 is 1.35 bits per heavy atom. The van der Waals surface area contributed by atoms with E-state index in [1.165, 1.54) is 5.56 Å². The van der Waals surface area contributed by atoms with Crippen molar-refractivity contribution < 1.29 is 14.6 Å². The third kappa shape index (κ3) is 3.56. The van der Waals surface area contributed by atoms with E-state index in [1.807, 2.05) is 12.1 Å². The van der Waals surface area contributed by atoms with Crippen molar-refractivity contribution in [2.24, 2.45) is 0 Å². The fraction of sp³-hybridized carbons (Fsp3) is 0.500. The molecule has 0 aliphatic carbocycles. The number of aliphatic carboxylic acids is 1. The minimum Gasteiger partial charge on any atom is -0.481 e. The van der Waals surface area contributed by atoms with E-state index in [4.69, 9.17) is 9.84 Å². The summed E-state index contributed by atoms with van der Waals surface area (Å²) in [6.45, 7) is 1.67. The third-order valence-corrected chi connectivity index (χ3v) is 3.27. The summed E-state index contributed by atoms with van der Waals surface area (Å²) in [5.74, 6) is -0.157. The van der Waals surface area contributed by atoms with Crippen LogP contribution in [-0.4, -0.2) is 24.3 Å². The number of ether oxygens (including phenoxy) is 1. The Balaban J connectivity index is 2.02. The normalized spacial score (nSPS) is 16.9. The molecule has 1 heterocycles. The van der Waals surface area contributed by atoms with E-state index in [-0.39, 0.29) is 6.42 Å². The number of rotatable bonds is 4. The molecule has 0 spiro atoms. The van der Waals surface area contributed by atoms with E-state index >= 15 is 0 Å². The molecule has 92 valence electrons. The maximum atomic E-state index is 10.5. The molecule has 3 nitrogen and oxygen atoms in total. The molecule has 1 N–H and O–H groups in total. The van der Waals surface area contributed by atoms with Crippen LogP contribution < -0.4 is 0 Å². The number of carboxylic acid groups (broad SMARTS) is 1. The number of benzene rings is 1. The molecule has 1 aromatic rings. The van der Waals surface area contributed by atoms with Crippen molar-refractivity contribution in [1.82, 2.24) is 0 Å². The molecule has 2 rings (SSSR count). The van der Waals surface area contributed by atoms with Gasteiger partial charge in [0.25, 0.3) is 0 Å². The average Bonchev–Trinajstić information content (AvgIpc) is 2.38. The number of aryl methyl sites for hydroxylation is 1. The van der Waals surface area contributed by atoms with Gasteiger partial charge in [0.2, 0.25) is 0 Å². The highest BCUT2D eigenvalue weighted by Gasteiger charge is 2.15. The van der Waals surface area contributed by atoms with E-state index in [0.29, 0.717) is 12.3 Å². The molecular formula is C14H18O3. The van der Waals surface area contributed by atoms with Gasteiger partial charge in [-0.2, -0.15) is 0 Å². The quantitative estimate of drug-likeness (QED) is 0.871. The molecule has 0 unspecified atom stereocenters. The van der Waals surface area contributed by atoms with Crippen molar-refractivity contribution in [3.63, 3.8) is 0 Å². The van der Waals surface area contributed by atoms with Crippen LogP contribution in [0.5, 0.6) is 0 Å². The Morgan fingerprint density at radius 3 is 2.82 bits per heavy atom. The largest absolute Gasteiger partial charge is 0.481 e. The fourth-order valence-electron chi connectivity index (χ4n) is 2.28. The molecule has 0 saturated carbocycles. The molecule has 3 heteroatoms. The zero-order chi connectivity index (χ0) is 12.1.